The summed E-state index contributed by atoms with van der Waals surface area (Å²) in [6.45, 7) is 1.93. The van der Waals surface area contributed by atoms with Crippen LogP contribution in [0.15, 0.2) is 0 Å². The Morgan fingerprint density at radius 3 is 2.42 bits per heavy atom. The minimum atomic E-state index is -3.20. The molecule has 3 nitrogen and oxygen atoms in total. The molecule has 12 heavy (non-hydrogen) atoms. The number of alkyl halides is 1. The fraction of sp³-hybridized carbons (Fsp3) is 1.00. The lowest BCUT2D eigenvalue weighted by molar-refractivity contribution is 0.359. The Morgan fingerprint density at radius 2 is 2.08 bits per heavy atom. The molecule has 0 amide bonds. The van der Waals surface area contributed by atoms with E-state index < -0.39 is 10.0 Å². The first kappa shape index (κ1) is 10.3. The summed E-state index contributed by atoms with van der Waals surface area (Å²) in [5.41, 5.74) is 0. The van der Waals surface area contributed by atoms with Gasteiger partial charge in [-0.25, -0.2) is 12.7 Å². The van der Waals surface area contributed by atoms with Crippen LogP contribution in [0.2, 0.25) is 0 Å². The zero-order valence-electron chi connectivity index (χ0n) is 7.33. The molecule has 0 aliphatic heterocycles. The Kier molecular flexibility index (Phi) is 3.01. The number of halogens is 1. The molecule has 5 heteroatoms. The highest BCUT2D eigenvalue weighted by molar-refractivity contribution is 7.90. The summed E-state index contributed by atoms with van der Waals surface area (Å²) in [5.74, 6) is 0.549. The first-order valence-electron chi connectivity index (χ1n) is 4.00. The molecule has 0 radical (unpaired) electrons. The summed E-state index contributed by atoms with van der Waals surface area (Å²) in [5, 5.41) is -0.319. The second kappa shape index (κ2) is 3.52. The first-order valence-corrected chi connectivity index (χ1v) is 6.15. The number of nitrogens with zero attached hydrogens (tertiary/aromatic N) is 1. The number of rotatable bonds is 4. The van der Waals surface area contributed by atoms with E-state index in [9.17, 15) is 8.42 Å². The molecule has 0 heterocycles. The smallest absolute Gasteiger partial charge is 0.211 e. The second-order valence-corrected chi connectivity index (χ2v) is 5.93. The van der Waals surface area contributed by atoms with Crippen LogP contribution in [-0.2, 0) is 10.0 Å². The molecule has 1 rings (SSSR count). The van der Waals surface area contributed by atoms with E-state index in [1.807, 2.05) is 6.92 Å². The standard InChI is InChI=1S/C7H14ClNO2S/c1-6(7-3-4-7)9(2)12(10,11)5-8/h6-7H,3-5H2,1-2H3. The van der Waals surface area contributed by atoms with Gasteiger partial charge in [0.05, 0.1) is 0 Å². The second-order valence-electron chi connectivity index (χ2n) is 3.32. The third kappa shape index (κ3) is 2.12. The van der Waals surface area contributed by atoms with Crippen molar-refractivity contribution >= 4 is 21.6 Å². The van der Waals surface area contributed by atoms with Crippen LogP contribution in [0.3, 0.4) is 0 Å². The predicted octanol–water partition coefficient (Wildman–Crippen LogP) is 1.24. The molecule has 1 saturated carbocycles. The Morgan fingerprint density at radius 1 is 1.58 bits per heavy atom. The Bertz CT molecular complexity index is 248. The molecule has 0 N–H and O–H groups in total. The van der Waals surface area contributed by atoms with Crippen LogP contribution in [-0.4, -0.2) is 31.0 Å². The first-order chi connectivity index (χ1) is 5.49. The fourth-order valence-corrected chi connectivity index (χ4v) is 2.50. The largest absolute Gasteiger partial charge is 0.228 e. The van der Waals surface area contributed by atoms with Gasteiger partial charge in [0.15, 0.2) is 0 Å². The van der Waals surface area contributed by atoms with E-state index >= 15 is 0 Å². The maximum absolute atomic E-state index is 11.3. The average molecular weight is 212 g/mol. The minimum absolute atomic E-state index is 0.105. The van der Waals surface area contributed by atoms with E-state index in [2.05, 4.69) is 0 Å². The molecule has 0 aromatic heterocycles. The lowest BCUT2D eigenvalue weighted by Crippen LogP contribution is -2.36. The van der Waals surface area contributed by atoms with E-state index in [-0.39, 0.29) is 11.3 Å². The molecule has 0 aromatic rings. The molecule has 1 aliphatic carbocycles. The predicted molar refractivity (Wildman–Crippen MR) is 49.6 cm³/mol. The quantitative estimate of drug-likeness (QED) is 0.657. The molecule has 0 saturated heterocycles. The third-order valence-corrected chi connectivity index (χ3v) is 4.77. The molecular weight excluding hydrogens is 198 g/mol. The van der Waals surface area contributed by atoms with Crippen LogP contribution in [0.1, 0.15) is 19.8 Å². The zero-order chi connectivity index (χ0) is 9.35. The molecular formula is C7H14ClNO2S. The summed E-state index contributed by atoms with van der Waals surface area (Å²) >= 11 is 5.33. The van der Waals surface area contributed by atoms with Gasteiger partial charge in [0, 0.05) is 13.1 Å². The van der Waals surface area contributed by atoms with Crippen molar-refractivity contribution in [2.75, 3.05) is 12.3 Å². The van der Waals surface area contributed by atoms with Crippen LogP contribution in [0.5, 0.6) is 0 Å². The van der Waals surface area contributed by atoms with Crippen molar-refractivity contribution in [3.8, 4) is 0 Å². The zero-order valence-corrected chi connectivity index (χ0v) is 8.90. The van der Waals surface area contributed by atoms with Crippen molar-refractivity contribution in [3.05, 3.63) is 0 Å². The van der Waals surface area contributed by atoms with Gasteiger partial charge in [-0.15, -0.1) is 11.6 Å². The van der Waals surface area contributed by atoms with Gasteiger partial charge < -0.3 is 0 Å². The lowest BCUT2D eigenvalue weighted by Gasteiger charge is -2.22. The third-order valence-electron chi connectivity index (χ3n) is 2.45. The van der Waals surface area contributed by atoms with E-state index in [1.54, 1.807) is 7.05 Å². The lowest BCUT2D eigenvalue weighted by atomic mass is 10.2. The summed E-state index contributed by atoms with van der Waals surface area (Å²) in [6, 6.07) is 0.105. The minimum Gasteiger partial charge on any atom is -0.211 e. The van der Waals surface area contributed by atoms with Crippen molar-refractivity contribution in [1.29, 1.82) is 0 Å². The molecule has 0 aromatic carbocycles. The van der Waals surface area contributed by atoms with Gasteiger partial charge >= 0.3 is 0 Å². The molecule has 1 unspecified atom stereocenters. The summed E-state index contributed by atoms with van der Waals surface area (Å²) < 4.78 is 23.9. The van der Waals surface area contributed by atoms with E-state index in [1.165, 1.54) is 4.31 Å². The highest BCUT2D eigenvalue weighted by Gasteiger charge is 2.34. The average Bonchev–Trinajstić information content (AvgIpc) is 2.84. The van der Waals surface area contributed by atoms with Crippen molar-refractivity contribution in [2.24, 2.45) is 5.92 Å². The van der Waals surface area contributed by atoms with Crippen molar-refractivity contribution < 1.29 is 8.42 Å². The van der Waals surface area contributed by atoms with Crippen LogP contribution in [0.25, 0.3) is 0 Å². The Hall–Kier alpha value is 0.200. The Balaban J connectivity index is 2.62. The normalized spacial score (nSPS) is 21.3. The van der Waals surface area contributed by atoms with Crippen LogP contribution in [0, 0.1) is 5.92 Å². The van der Waals surface area contributed by atoms with Gasteiger partial charge in [0.2, 0.25) is 10.0 Å². The summed E-state index contributed by atoms with van der Waals surface area (Å²) in [4.78, 5) is 0. The maximum atomic E-state index is 11.3. The molecule has 1 aliphatic rings. The topological polar surface area (TPSA) is 37.4 Å². The molecule has 1 fully saturated rings. The van der Waals surface area contributed by atoms with E-state index in [4.69, 9.17) is 11.6 Å². The van der Waals surface area contributed by atoms with Gasteiger partial charge in [-0.3, -0.25) is 0 Å². The number of hydrogen-bond donors (Lipinski definition) is 0. The number of sulfonamides is 1. The molecule has 0 bridgehead atoms. The molecule has 0 spiro atoms. The highest BCUT2D eigenvalue weighted by atomic mass is 35.5. The summed E-state index contributed by atoms with van der Waals surface area (Å²) in [6.07, 6.45) is 2.28. The maximum Gasteiger partial charge on any atom is 0.228 e. The van der Waals surface area contributed by atoms with Crippen LogP contribution >= 0.6 is 11.6 Å². The van der Waals surface area contributed by atoms with E-state index in [0.717, 1.165) is 12.8 Å². The molecule has 72 valence electrons. The van der Waals surface area contributed by atoms with Gasteiger partial charge in [-0.05, 0) is 25.7 Å². The van der Waals surface area contributed by atoms with Crippen LogP contribution < -0.4 is 0 Å². The fourth-order valence-electron chi connectivity index (χ4n) is 1.21. The van der Waals surface area contributed by atoms with Gasteiger partial charge in [0.25, 0.3) is 0 Å². The van der Waals surface area contributed by atoms with E-state index in [0.29, 0.717) is 5.92 Å². The highest BCUT2D eigenvalue weighted by Crippen LogP contribution is 2.35. The van der Waals surface area contributed by atoms with Gasteiger partial charge in [-0.1, -0.05) is 0 Å². The van der Waals surface area contributed by atoms with Gasteiger partial charge in [0.1, 0.15) is 5.21 Å². The molecule has 1 atom stereocenters. The van der Waals surface area contributed by atoms with Crippen LogP contribution in [0.4, 0.5) is 0 Å². The number of hydrogen-bond acceptors (Lipinski definition) is 2. The Labute approximate surface area is 78.7 Å². The van der Waals surface area contributed by atoms with Crippen molar-refractivity contribution in [1.82, 2.24) is 4.31 Å². The SMILES string of the molecule is CC(C1CC1)N(C)S(=O)(=O)CCl. The van der Waals surface area contributed by atoms with Gasteiger partial charge in [-0.2, -0.15) is 0 Å². The summed E-state index contributed by atoms with van der Waals surface area (Å²) in [7, 11) is -1.61. The monoisotopic (exact) mass is 211 g/mol. The van der Waals surface area contributed by atoms with Crippen molar-refractivity contribution in [2.45, 2.75) is 25.8 Å². The van der Waals surface area contributed by atoms with Crippen molar-refractivity contribution in [3.63, 3.8) is 0 Å².